The normalized spacial score (nSPS) is 10.9. The molecule has 0 amide bonds. The molecule has 0 spiro atoms. The Morgan fingerprint density at radius 3 is 2.87 bits per heavy atom. The van der Waals surface area contributed by atoms with Crippen molar-refractivity contribution in [1.29, 1.82) is 0 Å². The molecular weight excluding hydrogens is 190 g/mol. The molecule has 0 saturated carbocycles. The Labute approximate surface area is 90.9 Å². The van der Waals surface area contributed by atoms with E-state index in [1.165, 1.54) is 0 Å². The van der Waals surface area contributed by atoms with Crippen molar-refractivity contribution in [3.05, 3.63) is 23.5 Å². The Balaban J connectivity index is 2.59. The average molecular weight is 209 g/mol. The average Bonchev–Trinajstić information content (AvgIpc) is 2.20. The quantitative estimate of drug-likeness (QED) is 0.751. The summed E-state index contributed by atoms with van der Waals surface area (Å²) in [5, 5.41) is 12.7. The van der Waals surface area contributed by atoms with Gasteiger partial charge in [-0.05, 0) is 33.2 Å². The number of rotatable bonds is 5. The maximum Gasteiger partial charge on any atom is 0.138 e. The number of hydrogen-bond acceptors (Lipinski definition) is 4. The van der Waals surface area contributed by atoms with Crippen molar-refractivity contribution in [3.63, 3.8) is 0 Å². The number of hydrogen-bond donors (Lipinski definition) is 2. The van der Waals surface area contributed by atoms with Crippen LogP contribution in [0.1, 0.15) is 11.4 Å². The van der Waals surface area contributed by atoms with E-state index in [9.17, 15) is 5.11 Å². The van der Waals surface area contributed by atoms with E-state index in [4.69, 9.17) is 0 Å². The van der Waals surface area contributed by atoms with Crippen molar-refractivity contribution in [1.82, 2.24) is 15.2 Å². The minimum absolute atomic E-state index is 0.275. The Bertz CT molecular complexity index is 315. The first-order valence-electron chi connectivity index (χ1n) is 5.12. The molecule has 0 aliphatic heterocycles. The lowest BCUT2D eigenvalue weighted by Crippen LogP contribution is -2.27. The smallest absolute Gasteiger partial charge is 0.138 e. The van der Waals surface area contributed by atoms with Crippen molar-refractivity contribution >= 4 is 0 Å². The highest BCUT2D eigenvalue weighted by molar-refractivity contribution is 5.27. The molecule has 1 aromatic rings. The highest BCUT2D eigenvalue weighted by Gasteiger charge is 2.06. The maximum absolute atomic E-state index is 9.60. The lowest BCUT2D eigenvalue weighted by atomic mass is 10.2. The molecule has 0 saturated heterocycles. The number of aromatic hydroxyl groups is 1. The number of pyridine rings is 1. The molecule has 1 heterocycles. The van der Waals surface area contributed by atoms with E-state index < -0.39 is 0 Å². The van der Waals surface area contributed by atoms with Crippen LogP contribution in [-0.2, 0) is 6.54 Å². The summed E-state index contributed by atoms with van der Waals surface area (Å²) in [6.45, 7) is 4.47. The van der Waals surface area contributed by atoms with Gasteiger partial charge in [0.05, 0.1) is 5.69 Å². The summed E-state index contributed by atoms with van der Waals surface area (Å²) >= 11 is 0. The summed E-state index contributed by atoms with van der Waals surface area (Å²) in [6.07, 6.45) is 0. The van der Waals surface area contributed by atoms with Crippen molar-refractivity contribution in [2.75, 3.05) is 27.2 Å². The molecule has 0 bridgehead atoms. The number of nitrogens with one attached hydrogen (secondary N) is 1. The van der Waals surface area contributed by atoms with Crippen LogP contribution in [0.15, 0.2) is 12.1 Å². The van der Waals surface area contributed by atoms with Gasteiger partial charge in [0.15, 0.2) is 0 Å². The van der Waals surface area contributed by atoms with Crippen molar-refractivity contribution < 1.29 is 5.11 Å². The van der Waals surface area contributed by atoms with Crippen LogP contribution in [0.4, 0.5) is 0 Å². The van der Waals surface area contributed by atoms with Crippen molar-refractivity contribution in [2.24, 2.45) is 0 Å². The topological polar surface area (TPSA) is 48.4 Å². The molecule has 0 fully saturated rings. The van der Waals surface area contributed by atoms with E-state index in [0.717, 1.165) is 24.5 Å². The van der Waals surface area contributed by atoms with Gasteiger partial charge < -0.3 is 10.4 Å². The first-order chi connectivity index (χ1) is 7.13. The Morgan fingerprint density at radius 1 is 1.47 bits per heavy atom. The zero-order valence-electron chi connectivity index (χ0n) is 9.62. The van der Waals surface area contributed by atoms with Gasteiger partial charge >= 0.3 is 0 Å². The van der Waals surface area contributed by atoms with E-state index >= 15 is 0 Å². The third-order valence-corrected chi connectivity index (χ3v) is 2.25. The Kier molecular flexibility index (Phi) is 4.52. The summed E-state index contributed by atoms with van der Waals surface area (Å²) in [5.74, 6) is 0.275. The summed E-state index contributed by atoms with van der Waals surface area (Å²) in [7, 11) is 3.94. The molecule has 0 aliphatic carbocycles. The van der Waals surface area contributed by atoms with Gasteiger partial charge in [-0.15, -0.1) is 0 Å². The molecule has 0 unspecified atom stereocenters. The number of nitrogens with zero attached hydrogens (tertiary/aromatic N) is 2. The lowest BCUT2D eigenvalue weighted by molar-refractivity contribution is 0.316. The van der Waals surface area contributed by atoms with E-state index in [2.05, 4.69) is 15.2 Å². The highest BCUT2D eigenvalue weighted by Crippen LogP contribution is 2.15. The van der Waals surface area contributed by atoms with Gasteiger partial charge in [0.25, 0.3) is 0 Å². The summed E-state index contributed by atoms with van der Waals surface area (Å²) in [6, 6.07) is 3.51. The highest BCUT2D eigenvalue weighted by atomic mass is 16.3. The van der Waals surface area contributed by atoms with Crippen LogP contribution in [0.5, 0.6) is 5.75 Å². The largest absolute Gasteiger partial charge is 0.506 e. The molecule has 0 aliphatic rings. The number of likely N-dealkylation sites (N-methyl/N-ethyl adjacent to an activating group) is 2. The second-order valence-electron chi connectivity index (χ2n) is 3.76. The molecule has 0 radical (unpaired) electrons. The van der Waals surface area contributed by atoms with Crippen LogP contribution in [0.3, 0.4) is 0 Å². The second-order valence-corrected chi connectivity index (χ2v) is 3.76. The fraction of sp³-hybridized carbons (Fsp3) is 0.545. The fourth-order valence-electron chi connectivity index (χ4n) is 1.36. The molecule has 1 rings (SSSR count). The fourth-order valence-corrected chi connectivity index (χ4v) is 1.36. The summed E-state index contributed by atoms with van der Waals surface area (Å²) in [5.41, 5.74) is 1.68. The predicted molar refractivity (Wildman–Crippen MR) is 60.9 cm³/mol. The van der Waals surface area contributed by atoms with Crippen LogP contribution < -0.4 is 5.32 Å². The third kappa shape index (κ3) is 3.85. The van der Waals surface area contributed by atoms with Gasteiger partial charge in [0.1, 0.15) is 5.75 Å². The van der Waals surface area contributed by atoms with Gasteiger partial charge in [0.2, 0.25) is 0 Å². The van der Waals surface area contributed by atoms with E-state index in [-0.39, 0.29) is 5.75 Å². The molecule has 2 N–H and O–H groups in total. The first kappa shape index (κ1) is 11.9. The molecule has 84 valence electrons. The van der Waals surface area contributed by atoms with E-state index in [1.54, 1.807) is 6.07 Å². The minimum Gasteiger partial charge on any atom is -0.506 e. The van der Waals surface area contributed by atoms with Gasteiger partial charge in [-0.1, -0.05) is 0 Å². The Morgan fingerprint density at radius 2 is 2.20 bits per heavy atom. The van der Waals surface area contributed by atoms with Crippen molar-refractivity contribution in [3.8, 4) is 5.75 Å². The summed E-state index contributed by atoms with van der Waals surface area (Å²) < 4.78 is 0. The van der Waals surface area contributed by atoms with Gasteiger partial charge in [-0.25, -0.2) is 0 Å². The van der Waals surface area contributed by atoms with Crippen LogP contribution in [0, 0.1) is 6.92 Å². The minimum atomic E-state index is 0.275. The predicted octanol–water partition coefficient (Wildman–Crippen LogP) is 0.747. The Hall–Kier alpha value is -1.13. The van der Waals surface area contributed by atoms with Crippen LogP contribution in [0.2, 0.25) is 0 Å². The SMILES string of the molecule is CNCCN(C)Cc1nc(C)ccc1O. The van der Waals surface area contributed by atoms with Gasteiger partial charge in [-0.3, -0.25) is 9.88 Å². The summed E-state index contributed by atoms with van der Waals surface area (Å²) in [4.78, 5) is 6.43. The van der Waals surface area contributed by atoms with Crippen molar-refractivity contribution in [2.45, 2.75) is 13.5 Å². The number of aryl methyl sites for hydroxylation is 1. The molecule has 1 aromatic heterocycles. The third-order valence-electron chi connectivity index (χ3n) is 2.25. The zero-order valence-corrected chi connectivity index (χ0v) is 9.62. The van der Waals surface area contributed by atoms with Crippen LogP contribution in [-0.4, -0.2) is 42.2 Å². The van der Waals surface area contributed by atoms with Gasteiger partial charge in [0, 0.05) is 25.3 Å². The molecule has 15 heavy (non-hydrogen) atoms. The van der Waals surface area contributed by atoms with E-state index in [1.807, 2.05) is 27.1 Å². The molecule has 4 heteroatoms. The monoisotopic (exact) mass is 209 g/mol. The van der Waals surface area contributed by atoms with Crippen LogP contribution >= 0.6 is 0 Å². The molecule has 4 nitrogen and oxygen atoms in total. The van der Waals surface area contributed by atoms with Crippen LogP contribution in [0.25, 0.3) is 0 Å². The first-order valence-corrected chi connectivity index (χ1v) is 5.12. The second kappa shape index (κ2) is 5.68. The molecule has 0 aromatic carbocycles. The lowest BCUT2D eigenvalue weighted by Gasteiger charge is -2.16. The standard InChI is InChI=1S/C11H19N3O/c1-9-4-5-11(15)10(13-9)8-14(3)7-6-12-2/h4-5,12,15H,6-8H2,1-3H3. The maximum atomic E-state index is 9.60. The molecule has 0 atom stereocenters. The van der Waals surface area contributed by atoms with Gasteiger partial charge in [-0.2, -0.15) is 0 Å². The zero-order chi connectivity index (χ0) is 11.3. The van der Waals surface area contributed by atoms with E-state index in [0.29, 0.717) is 6.54 Å². The molecular formula is C11H19N3O. The number of aromatic nitrogens is 1.